The topological polar surface area (TPSA) is 140 Å². The zero-order valence-corrected chi connectivity index (χ0v) is 19.6. The number of ether oxygens (including phenoxy) is 1. The zero-order chi connectivity index (χ0) is 25.2. The van der Waals surface area contributed by atoms with Crippen LogP contribution >= 0.6 is 0 Å². The Hall–Kier alpha value is -4.02. The van der Waals surface area contributed by atoms with Crippen molar-refractivity contribution in [1.29, 1.82) is 0 Å². The van der Waals surface area contributed by atoms with E-state index in [0.717, 1.165) is 6.42 Å². The predicted molar refractivity (Wildman–Crippen MR) is 129 cm³/mol. The lowest BCUT2D eigenvalue weighted by molar-refractivity contribution is -0.132. The van der Waals surface area contributed by atoms with Gasteiger partial charge in [-0.3, -0.25) is 19.5 Å². The fraction of sp³-hybridized carbons (Fsp3) is 0.160. The van der Waals surface area contributed by atoms with Gasteiger partial charge in [-0.05, 0) is 72.6 Å². The zero-order valence-electron chi connectivity index (χ0n) is 18.8. The number of aromatic nitrogens is 1. The summed E-state index contributed by atoms with van der Waals surface area (Å²) in [5.74, 6) is -1.45. The van der Waals surface area contributed by atoms with Crippen LogP contribution in [0, 0.1) is 0 Å². The molecule has 0 spiro atoms. The van der Waals surface area contributed by atoms with Gasteiger partial charge in [-0.2, -0.15) is 0 Å². The van der Waals surface area contributed by atoms with Crippen LogP contribution in [0.25, 0.3) is 5.76 Å². The third-order valence-electron chi connectivity index (χ3n) is 5.51. The molecule has 2 aromatic carbocycles. The molecule has 1 aliphatic rings. The highest BCUT2D eigenvalue weighted by molar-refractivity contribution is 7.89. The first-order valence-electron chi connectivity index (χ1n) is 10.8. The Labute approximate surface area is 202 Å². The Balaban J connectivity index is 1.82. The maximum Gasteiger partial charge on any atom is 0.300 e. The average molecular weight is 494 g/mol. The van der Waals surface area contributed by atoms with Crippen LogP contribution in [0.3, 0.4) is 0 Å². The molecule has 0 bridgehead atoms. The molecule has 1 aliphatic heterocycles. The van der Waals surface area contributed by atoms with Gasteiger partial charge in [0.05, 0.1) is 23.1 Å². The minimum atomic E-state index is -3.94. The number of amides is 1. The lowest BCUT2D eigenvalue weighted by Crippen LogP contribution is -2.29. The Morgan fingerprint density at radius 2 is 1.66 bits per heavy atom. The number of carbonyl (C=O) groups excluding carboxylic acids is 2. The molecule has 1 atom stereocenters. The highest BCUT2D eigenvalue weighted by atomic mass is 32.2. The van der Waals surface area contributed by atoms with Gasteiger partial charge in [-0.25, -0.2) is 13.6 Å². The van der Waals surface area contributed by atoms with Crippen molar-refractivity contribution in [3.63, 3.8) is 0 Å². The summed E-state index contributed by atoms with van der Waals surface area (Å²) < 4.78 is 28.8. The molecule has 1 saturated heterocycles. The molecule has 1 fully saturated rings. The quantitative estimate of drug-likeness (QED) is 0.293. The van der Waals surface area contributed by atoms with E-state index in [4.69, 9.17) is 9.88 Å². The van der Waals surface area contributed by atoms with Gasteiger partial charge in [-0.15, -0.1) is 0 Å². The standard InChI is InChI=1S/C25H23N3O6S/c1-2-15-34-19-7-3-17(4-8-19)23(29)21-22(16-11-13-27-14-12-16)28(25(31)24(21)30)18-5-9-20(10-6-18)35(26,32)33/h3-14,22,29H,2,15H2,1H3,(H2,26,32,33)/b23-21+. The van der Waals surface area contributed by atoms with Crippen LogP contribution in [-0.4, -0.2) is 36.8 Å². The second-order valence-electron chi connectivity index (χ2n) is 7.86. The van der Waals surface area contributed by atoms with Gasteiger partial charge in [0.25, 0.3) is 11.7 Å². The first-order valence-corrected chi connectivity index (χ1v) is 12.3. The number of ketones is 1. The Morgan fingerprint density at radius 1 is 1.03 bits per heavy atom. The molecule has 1 aromatic heterocycles. The summed E-state index contributed by atoms with van der Waals surface area (Å²) in [7, 11) is -3.94. The highest BCUT2D eigenvalue weighted by Crippen LogP contribution is 2.42. The van der Waals surface area contributed by atoms with E-state index >= 15 is 0 Å². The number of sulfonamides is 1. The van der Waals surface area contributed by atoms with Crippen LogP contribution in [-0.2, 0) is 19.6 Å². The number of Topliss-reactive ketones (excluding diaryl/α,β-unsaturated/α-hetero) is 1. The molecular weight excluding hydrogens is 470 g/mol. The molecule has 0 saturated carbocycles. The lowest BCUT2D eigenvalue weighted by atomic mass is 9.95. The SMILES string of the molecule is CCCOc1ccc(/C(O)=C2\C(=O)C(=O)N(c3ccc(S(N)(=O)=O)cc3)C2c2ccncc2)cc1. The number of anilines is 1. The fourth-order valence-electron chi connectivity index (χ4n) is 3.84. The summed E-state index contributed by atoms with van der Waals surface area (Å²) in [6.07, 6.45) is 3.87. The van der Waals surface area contributed by atoms with Crippen molar-refractivity contribution in [2.75, 3.05) is 11.5 Å². The van der Waals surface area contributed by atoms with Gasteiger partial charge < -0.3 is 9.84 Å². The van der Waals surface area contributed by atoms with E-state index in [1.807, 2.05) is 6.92 Å². The molecule has 2 heterocycles. The largest absolute Gasteiger partial charge is 0.507 e. The van der Waals surface area contributed by atoms with E-state index in [0.29, 0.717) is 23.5 Å². The van der Waals surface area contributed by atoms with E-state index in [2.05, 4.69) is 4.98 Å². The van der Waals surface area contributed by atoms with Crippen molar-refractivity contribution in [2.45, 2.75) is 24.3 Å². The van der Waals surface area contributed by atoms with Crippen LogP contribution in [0.2, 0.25) is 0 Å². The lowest BCUT2D eigenvalue weighted by Gasteiger charge is -2.25. The van der Waals surface area contributed by atoms with Gasteiger partial charge in [0, 0.05) is 23.6 Å². The number of nitrogens with zero attached hydrogens (tertiary/aromatic N) is 2. The van der Waals surface area contributed by atoms with Crippen molar-refractivity contribution in [1.82, 2.24) is 4.98 Å². The summed E-state index contributed by atoms with van der Waals surface area (Å²) in [4.78, 5) is 31.4. The Morgan fingerprint density at radius 3 is 2.23 bits per heavy atom. The van der Waals surface area contributed by atoms with Crippen molar-refractivity contribution >= 4 is 33.2 Å². The molecule has 3 aromatic rings. The first kappa shape index (κ1) is 24.1. The summed E-state index contributed by atoms with van der Waals surface area (Å²) >= 11 is 0. The van der Waals surface area contributed by atoms with Crippen molar-refractivity contribution in [3.05, 3.63) is 89.8 Å². The summed E-state index contributed by atoms with van der Waals surface area (Å²) in [6, 6.07) is 14.2. The summed E-state index contributed by atoms with van der Waals surface area (Å²) in [6.45, 7) is 2.53. The van der Waals surface area contributed by atoms with Crippen LogP contribution < -0.4 is 14.8 Å². The van der Waals surface area contributed by atoms with Gasteiger partial charge in [0.15, 0.2) is 0 Å². The molecule has 180 valence electrons. The highest BCUT2D eigenvalue weighted by Gasteiger charge is 2.47. The average Bonchev–Trinajstić information content (AvgIpc) is 3.13. The number of primary sulfonamides is 1. The fourth-order valence-corrected chi connectivity index (χ4v) is 4.36. The predicted octanol–water partition coefficient (Wildman–Crippen LogP) is 3.14. The van der Waals surface area contributed by atoms with Crippen molar-refractivity contribution in [2.24, 2.45) is 5.14 Å². The third kappa shape index (κ3) is 4.79. The molecular formula is C25H23N3O6S. The second kappa shape index (κ2) is 9.69. The van der Waals surface area contributed by atoms with Gasteiger partial charge >= 0.3 is 0 Å². The van der Waals surface area contributed by atoms with E-state index in [9.17, 15) is 23.1 Å². The Kier molecular flexibility index (Phi) is 6.68. The van der Waals surface area contributed by atoms with Crippen LogP contribution in [0.5, 0.6) is 5.75 Å². The molecule has 4 rings (SSSR count). The second-order valence-corrected chi connectivity index (χ2v) is 9.42. The smallest absolute Gasteiger partial charge is 0.300 e. The van der Waals surface area contributed by atoms with Crippen molar-refractivity contribution in [3.8, 4) is 5.75 Å². The number of nitrogens with two attached hydrogens (primary N) is 1. The number of pyridine rings is 1. The molecule has 1 amide bonds. The van der Waals surface area contributed by atoms with E-state index in [-0.39, 0.29) is 21.9 Å². The maximum atomic E-state index is 13.2. The monoisotopic (exact) mass is 493 g/mol. The van der Waals surface area contributed by atoms with Gasteiger partial charge in [0.2, 0.25) is 10.0 Å². The number of aliphatic hydroxyl groups excluding tert-OH is 1. The summed E-state index contributed by atoms with van der Waals surface area (Å²) in [5, 5.41) is 16.3. The van der Waals surface area contributed by atoms with Gasteiger partial charge in [-0.1, -0.05) is 6.92 Å². The molecule has 9 nitrogen and oxygen atoms in total. The van der Waals surface area contributed by atoms with E-state index in [1.165, 1.54) is 41.6 Å². The number of carbonyl (C=O) groups is 2. The van der Waals surface area contributed by atoms with Crippen molar-refractivity contribution < 1.29 is 27.9 Å². The minimum Gasteiger partial charge on any atom is -0.507 e. The molecule has 35 heavy (non-hydrogen) atoms. The van der Waals surface area contributed by atoms with Crippen LogP contribution in [0.4, 0.5) is 5.69 Å². The van der Waals surface area contributed by atoms with E-state index in [1.54, 1.807) is 36.4 Å². The molecule has 0 radical (unpaired) electrons. The minimum absolute atomic E-state index is 0.0982. The number of rotatable bonds is 7. The number of benzene rings is 2. The van der Waals surface area contributed by atoms with Crippen LogP contribution in [0.1, 0.15) is 30.5 Å². The van der Waals surface area contributed by atoms with Gasteiger partial charge in [0.1, 0.15) is 11.5 Å². The number of hydrogen-bond donors (Lipinski definition) is 2. The normalized spacial score (nSPS) is 17.5. The molecule has 0 aliphatic carbocycles. The first-order chi connectivity index (χ1) is 16.7. The third-order valence-corrected chi connectivity index (χ3v) is 6.44. The number of aliphatic hydroxyl groups is 1. The van der Waals surface area contributed by atoms with Crippen LogP contribution in [0.15, 0.2) is 83.5 Å². The Bertz CT molecular complexity index is 1390. The summed E-state index contributed by atoms with van der Waals surface area (Å²) in [5.41, 5.74) is 1.05. The van der Waals surface area contributed by atoms with E-state index < -0.39 is 27.8 Å². The molecule has 1 unspecified atom stereocenters. The maximum absolute atomic E-state index is 13.2. The molecule has 3 N–H and O–H groups in total. The number of hydrogen-bond acceptors (Lipinski definition) is 7. The molecule has 10 heteroatoms.